The number of methoxy groups -OCH3 is 1. The molecule has 0 N–H and O–H groups in total. The third-order valence-corrected chi connectivity index (χ3v) is 3.38. The standard InChI is InChI=1S/C15H11ClFNO/c1-19-11-5-6-14-10(9-11)7-8-18(14)15-12(16)3-2-4-13(15)17/h2-9H,1H3. The minimum Gasteiger partial charge on any atom is -0.497 e. The smallest absolute Gasteiger partial charge is 0.148 e. The molecule has 3 aromatic rings. The van der Waals surface area contributed by atoms with Gasteiger partial charge in [0.25, 0.3) is 0 Å². The van der Waals surface area contributed by atoms with E-state index in [-0.39, 0.29) is 5.82 Å². The van der Waals surface area contributed by atoms with Crippen LogP contribution in [0.15, 0.2) is 48.7 Å². The van der Waals surface area contributed by atoms with Crippen LogP contribution in [0.5, 0.6) is 5.75 Å². The maximum Gasteiger partial charge on any atom is 0.148 e. The number of nitrogens with zero attached hydrogens (tertiary/aromatic N) is 1. The average Bonchev–Trinajstić information content (AvgIpc) is 2.81. The van der Waals surface area contributed by atoms with Gasteiger partial charge in [0.2, 0.25) is 0 Å². The summed E-state index contributed by atoms with van der Waals surface area (Å²) < 4.78 is 20.9. The van der Waals surface area contributed by atoms with E-state index in [0.717, 1.165) is 16.7 Å². The first-order valence-electron chi connectivity index (χ1n) is 5.80. The van der Waals surface area contributed by atoms with E-state index in [4.69, 9.17) is 16.3 Å². The molecule has 0 spiro atoms. The number of halogens is 2. The van der Waals surface area contributed by atoms with Crippen LogP contribution in [0.2, 0.25) is 5.02 Å². The summed E-state index contributed by atoms with van der Waals surface area (Å²) in [6.07, 6.45) is 1.80. The van der Waals surface area contributed by atoms with Crippen molar-refractivity contribution in [1.82, 2.24) is 4.57 Å². The number of hydrogen-bond donors (Lipinski definition) is 0. The second-order valence-electron chi connectivity index (χ2n) is 4.18. The van der Waals surface area contributed by atoms with E-state index < -0.39 is 0 Å². The van der Waals surface area contributed by atoms with E-state index in [9.17, 15) is 4.39 Å². The molecule has 96 valence electrons. The van der Waals surface area contributed by atoms with Crippen molar-refractivity contribution in [2.75, 3.05) is 7.11 Å². The summed E-state index contributed by atoms with van der Waals surface area (Å²) in [6, 6.07) is 12.2. The van der Waals surface area contributed by atoms with Crippen LogP contribution in [0.4, 0.5) is 4.39 Å². The van der Waals surface area contributed by atoms with Crippen LogP contribution in [0.1, 0.15) is 0 Å². The van der Waals surface area contributed by atoms with Crippen LogP contribution in [0.25, 0.3) is 16.6 Å². The fourth-order valence-electron chi connectivity index (χ4n) is 2.16. The molecule has 1 aromatic heterocycles. The highest BCUT2D eigenvalue weighted by molar-refractivity contribution is 6.32. The van der Waals surface area contributed by atoms with Gasteiger partial charge in [-0.05, 0) is 36.4 Å². The Morgan fingerprint density at radius 3 is 2.74 bits per heavy atom. The Morgan fingerprint density at radius 1 is 1.16 bits per heavy atom. The zero-order chi connectivity index (χ0) is 13.4. The number of para-hydroxylation sites is 1. The summed E-state index contributed by atoms with van der Waals surface area (Å²) in [5.41, 5.74) is 1.25. The first-order chi connectivity index (χ1) is 9.20. The first-order valence-corrected chi connectivity index (χ1v) is 6.18. The van der Waals surface area contributed by atoms with Gasteiger partial charge < -0.3 is 9.30 Å². The maximum absolute atomic E-state index is 14.0. The SMILES string of the molecule is COc1ccc2c(ccn2-c2c(F)cccc2Cl)c1. The monoisotopic (exact) mass is 275 g/mol. The van der Waals surface area contributed by atoms with Crippen molar-refractivity contribution in [3.8, 4) is 11.4 Å². The zero-order valence-corrected chi connectivity index (χ0v) is 11.0. The lowest BCUT2D eigenvalue weighted by Crippen LogP contribution is -1.97. The van der Waals surface area contributed by atoms with Gasteiger partial charge >= 0.3 is 0 Å². The minimum atomic E-state index is -0.346. The van der Waals surface area contributed by atoms with E-state index in [0.29, 0.717) is 10.7 Å². The summed E-state index contributed by atoms with van der Waals surface area (Å²) in [4.78, 5) is 0. The number of ether oxygens (including phenoxy) is 1. The Morgan fingerprint density at radius 2 is 2.00 bits per heavy atom. The van der Waals surface area contributed by atoms with Gasteiger partial charge in [0.15, 0.2) is 0 Å². The Balaban J connectivity index is 2.26. The van der Waals surface area contributed by atoms with E-state index in [1.54, 1.807) is 30.0 Å². The van der Waals surface area contributed by atoms with Crippen molar-refractivity contribution in [2.45, 2.75) is 0 Å². The van der Waals surface area contributed by atoms with Crippen LogP contribution in [0, 0.1) is 5.82 Å². The molecule has 4 heteroatoms. The molecule has 3 rings (SSSR count). The zero-order valence-electron chi connectivity index (χ0n) is 10.2. The maximum atomic E-state index is 14.0. The quantitative estimate of drug-likeness (QED) is 0.675. The van der Waals surface area contributed by atoms with Crippen molar-refractivity contribution >= 4 is 22.5 Å². The highest BCUT2D eigenvalue weighted by Crippen LogP contribution is 2.29. The second kappa shape index (κ2) is 4.59. The Hall–Kier alpha value is -2.00. The third kappa shape index (κ3) is 1.96. The summed E-state index contributed by atoms with van der Waals surface area (Å²) >= 11 is 6.09. The molecule has 0 aliphatic heterocycles. The van der Waals surface area contributed by atoms with Crippen LogP contribution >= 0.6 is 11.6 Å². The van der Waals surface area contributed by atoms with E-state index in [2.05, 4.69) is 0 Å². The predicted molar refractivity (Wildman–Crippen MR) is 74.8 cm³/mol. The molecule has 0 radical (unpaired) electrons. The van der Waals surface area contributed by atoms with Crippen LogP contribution in [0.3, 0.4) is 0 Å². The van der Waals surface area contributed by atoms with E-state index in [1.165, 1.54) is 6.07 Å². The van der Waals surface area contributed by atoms with Gasteiger partial charge in [0.05, 0.1) is 17.6 Å². The van der Waals surface area contributed by atoms with Crippen LogP contribution < -0.4 is 4.74 Å². The fourth-order valence-corrected chi connectivity index (χ4v) is 2.42. The molecule has 2 aromatic carbocycles. The number of hydrogen-bond acceptors (Lipinski definition) is 1. The van der Waals surface area contributed by atoms with Crippen molar-refractivity contribution in [1.29, 1.82) is 0 Å². The summed E-state index contributed by atoms with van der Waals surface area (Å²) in [5.74, 6) is 0.422. The van der Waals surface area contributed by atoms with Crippen molar-refractivity contribution in [3.05, 3.63) is 59.5 Å². The molecule has 19 heavy (non-hydrogen) atoms. The molecule has 1 heterocycles. The van der Waals surface area contributed by atoms with Gasteiger partial charge in [-0.2, -0.15) is 0 Å². The molecular formula is C15H11ClFNO. The van der Waals surface area contributed by atoms with Crippen LogP contribution in [-0.4, -0.2) is 11.7 Å². The molecule has 0 atom stereocenters. The summed E-state index contributed by atoms with van der Waals surface area (Å²) in [5, 5.41) is 1.35. The molecule has 0 saturated carbocycles. The van der Waals surface area contributed by atoms with E-state index >= 15 is 0 Å². The number of rotatable bonds is 2. The lowest BCUT2D eigenvalue weighted by molar-refractivity contribution is 0.415. The molecule has 0 unspecified atom stereocenters. The molecule has 0 amide bonds. The van der Waals surface area contributed by atoms with Crippen LogP contribution in [-0.2, 0) is 0 Å². The Labute approximate surface area is 115 Å². The van der Waals surface area contributed by atoms with Gasteiger partial charge in [-0.1, -0.05) is 17.7 Å². The normalized spacial score (nSPS) is 10.9. The summed E-state index contributed by atoms with van der Waals surface area (Å²) in [7, 11) is 1.62. The number of fused-ring (bicyclic) bond motifs is 1. The average molecular weight is 276 g/mol. The third-order valence-electron chi connectivity index (χ3n) is 3.08. The van der Waals surface area contributed by atoms with Gasteiger partial charge in [-0.15, -0.1) is 0 Å². The van der Waals surface area contributed by atoms with Crippen molar-refractivity contribution in [2.24, 2.45) is 0 Å². The number of benzene rings is 2. The molecule has 0 aliphatic rings. The molecule has 0 saturated heterocycles. The van der Waals surface area contributed by atoms with Crippen molar-refractivity contribution in [3.63, 3.8) is 0 Å². The van der Waals surface area contributed by atoms with E-state index in [1.807, 2.05) is 24.3 Å². The molecule has 0 fully saturated rings. The second-order valence-corrected chi connectivity index (χ2v) is 4.59. The minimum absolute atomic E-state index is 0.346. The van der Waals surface area contributed by atoms with Gasteiger partial charge in [-0.25, -0.2) is 4.39 Å². The summed E-state index contributed by atoms with van der Waals surface area (Å²) in [6.45, 7) is 0. The lowest BCUT2D eigenvalue weighted by Gasteiger charge is -2.09. The topological polar surface area (TPSA) is 14.2 Å². The first kappa shape index (κ1) is 12.1. The predicted octanol–water partition coefficient (Wildman–Crippen LogP) is 4.43. The van der Waals surface area contributed by atoms with Gasteiger partial charge in [-0.3, -0.25) is 0 Å². The highest BCUT2D eigenvalue weighted by Gasteiger charge is 2.11. The number of aromatic nitrogens is 1. The van der Waals surface area contributed by atoms with Gasteiger partial charge in [0, 0.05) is 11.6 Å². The molecular weight excluding hydrogens is 265 g/mol. The van der Waals surface area contributed by atoms with Gasteiger partial charge in [0.1, 0.15) is 17.3 Å². The molecule has 0 aliphatic carbocycles. The lowest BCUT2D eigenvalue weighted by atomic mass is 10.2. The Bertz CT molecular complexity index is 731. The largest absolute Gasteiger partial charge is 0.497 e. The highest BCUT2D eigenvalue weighted by atomic mass is 35.5. The Kier molecular flexibility index (Phi) is 2.91. The van der Waals surface area contributed by atoms with Crippen molar-refractivity contribution < 1.29 is 9.13 Å². The molecule has 2 nitrogen and oxygen atoms in total. The fraction of sp³-hybridized carbons (Fsp3) is 0.0667. The molecule has 0 bridgehead atoms.